The van der Waals surface area contributed by atoms with Gasteiger partial charge in [-0.15, -0.1) is 15.8 Å². The van der Waals surface area contributed by atoms with Crippen LogP contribution in [0.5, 0.6) is 0 Å². The molecule has 160 valence electrons. The first-order valence-corrected chi connectivity index (χ1v) is 12.5. The van der Waals surface area contributed by atoms with Crippen LogP contribution in [-0.2, 0) is 0 Å². The second kappa shape index (κ2) is 15.3. The highest BCUT2D eigenvalue weighted by Crippen LogP contribution is 2.41. The molecule has 0 aliphatic carbocycles. The zero-order valence-corrected chi connectivity index (χ0v) is 20.3. The molecule has 0 fully saturated rings. The summed E-state index contributed by atoms with van der Waals surface area (Å²) < 4.78 is 0. The molecule has 0 saturated carbocycles. The van der Waals surface area contributed by atoms with Gasteiger partial charge in [-0.25, -0.2) is 0 Å². The van der Waals surface area contributed by atoms with Gasteiger partial charge < -0.3 is 0 Å². The first-order valence-electron chi connectivity index (χ1n) is 12.0. The molecular weight excluding hydrogens is 355 g/mol. The third-order valence-electron chi connectivity index (χ3n) is 6.20. The summed E-state index contributed by atoms with van der Waals surface area (Å²) >= 11 is 0. The van der Waals surface area contributed by atoms with Gasteiger partial charge in [-0.05, 0) is 23.1 Å². The maximum Gasteiger partial charge on any atom is 0.00518 e. The van der Waals surface area contributed by atoms with Crippen molar-refractivity contribution < 1.29 is 0 Å². The van der Waals surface area contributed by atoms with E-state index in [0.29, 0.717) is 11.8 Å². The molecule has 1 aromatic rings. The average molecular weight is 403 g/mol. The highest BCUT2D eigenvalue weighted by molar-refractivity contribution is 7.18. The van der Waals surface area contributed by atoms with Crippen molar-refractivity contribution in [3.05, 3.63) is 48.6 Å². The molecule has 1 heteroatoms. The Morgan fingerprint density at radius 3 is 1.71 bits per heavy atom. The lowest BCUT2D eigenvalue weighted by Gasteiger charge is -2.36. The van der Waals surface area contributed by atoms with E-state index >= 15 is 0 Å². The quantitative estimate of drug-likeness (QED) is 0.138. The molecule has 0 saturated heterocycles. The van der Waals surface area contributed by atoms with E-state index in [9.17, 15) is 0 Å². The summed E-state index contributed by atoms with van der Waals surface area (Å²) in [5.74, 6) is 1.07. The fourth-order valence-electron chi connectivity index (χ4n) is 4.43. The maximum atomic E-state index is 4.17. The van der Waals surface area contributed by atoms with Gasteiger partial charge in [-0.2, -0.15) is 0 Å². The molecule has 0 heterocycles. The highest BCUT2D eigenvalue weighted by Gasteiger charge is 2.31. The van der Waals surface area contributed by atoms with Crippen molar-refractivity contribution in [2.24, 2.45) is 5.92 Å². The van der Waals surface area contributed by atoms with Crippen LogP contribution in [0.1, 0.15) is 116 Å². The van der Waals surface area contributed by atoms with Gasteiger partial charge in [0.05, 0.1) is 0 Å². The van der Waals surface area contributed by atoms with Gasteiger partial charge in [0.2, 0.25) is 0 Å². The molecule has 0 aromatic heterocycles. The lowest BCUT2D eigenvalue weighted by Crippen LogP contribution is -2.29. The molecule has 3 atom stereocenters. The van der Waals surface area contributed by atoms with E-state index in [1.54, 1.807) is 0 Å². The summed E-state index contributed by atoms with van der Waals surface area (Å²) in [5, 5.41) is 0.229. The van der Waals surface area contributed by atoms with Crippen LogP contribution >= 0.6 is 9.24 Å². The van der Waals surface area contributed by atoms with E-state index < -0.39 is 0 Å². The maximum absolute atomic E-state index is 4.17. The normalized spacial score (nSPS) is 14.0. The third kappa shape index (κ3) is 10.8. The van der Waals surface area contributed by atoms with E-state index in [4.69, 9.17) is 0 Å². The average Bonchev–Trinajstić information content (AvgIpc) is 2.68. The van der Waals surface area contributed by atoms with Crippen LogP contribution in [0.25, 0.3) is 0 Å². The highest BCUT2D eigenvalue weighted by atomic mass is 31.0. The molecule has 0 spiro atoms. The molecule has 0 radical (unpaired) electrons. The van der Waals surface area contributed by atoms with Gasteiger partial charge >= 0.3 is 0 Å². The molecule has 0 nitrogen and oxygen atoms in total. The molecule has 0 aliphatic rings. The summed E-state index contributed by atoms with van der Waals surface area (Å²) in [6, 6.07) is 10.9. The van der Waals surface area contributed by atoms with Crippen molar-refractivity contribution in [2.45, 2.75) is 115 Å². The van der Waals surface area contributed by atoms with Crippen molar-refractivity contribution in [1.29, 1.82) is 0 Å². The van der Waals surface area contributed by atoms with Gasteiger partial charge in [-0.1, -0.05) is 134 Å². The Balaban J connectivity index is 2.25. The lowest BCUT2D eigenvalue weighted by molar-refractivity contribution is 0.345. The fourth-order valence-corrected chi connectivity index (χ4v) is 4.80. The Bertz CT molecular complexity index is 485. The first-order chi connectivity index (χ1) is 13.5. The molecular formula is C27H47P. The summed E-state index contributed by atoms with van der Waals surface area (Å²) in [6.45, 7) is 11.2. The van der Waals surface area contributed by atoms with Crippen molar-refractivity contribution in [1.82, 2.24) is 0 Å². The van der Waals surface area contributed by atoms with Crippen molar-refractivity contribution >= 4 is 9.24 Å². The third-order valence-corrected chi connectivity index (χ3v) is 6.62. The van der Waals surface area contributed by atoms with Crippen molar-refractivity contribution in [2.75, 3.05) is 0 Å². The zero-order chi connectivity index (χ0) is 20.7. The molecule has 1 rings (SSSR count). The standard InChI is InChI=1S/C27H47P/c1-5-7-8-9-10-11-12-13-14-15-16-20-23-26(27(3,4)28)25(6-2)24-21-18-17-19-22-24/h6,17-19,21-22,25-26H,2,5,7-16,20,23,28H2,1,3-4H3. The monoisotopic (exact) mass is 402 g/mol. The van der Waals surface area contributed by atoms with Gasteiger partial charge in [0.15, 0.2) is 0 Å². The zero-order valence-electron chi connectivity index (χ0n) is 19.1. The van der Waals surface area contributed by atoms with Crippen LogP contribution in [0, 0.1) is 5.92 Å². The number of unbranched alkanes of at least 4 members (excludes halogenated alkanes) is 11. The van der Waals surface area contributed by atoms with Crippen LogP contribution in [0.15, 0.2) is 43.0 Å². The SMILES string of the molecule is C=CC(c1ccccc1)C(CCCCCCCCCCCCCC)C(C)(C)P. The van der Waals surface area contributed by atoms with Crippen LogP contribution in [0.2, 0.25) is 0 Å². The predicted molar refractivity (Wildman–Crippen MR) is 132 cm³/mol. The largest absolute Gasteiger partial charge is 0.131 e. The number of hydrogen-bond acceptors (Lipinski definition) is 0. The first kappa shape index (κ1) is 25.4. The van der Waals surface area contributed by atoms with E-state index in [2.05, 4.69) is 73.0 Å². The Hall–Kier alpha value is -0.610. The van der Waals surface area contributed by atoms with Gasteiger partial charge in [0, 0.05) is 5.92 Å². The van der Waals surface area contributed by atoms with Gasteiger partial charge in [0.1, 0.15) is 0 Å². The van der Waals surface area contributed by atoms with Crippen LogP contribution in [0.3, 0.4) is 0 Å². The molecule has 0 bridgehead atoms. The summed E-state index contributed by atoms with van der Waals surface area (Å²) in [7, 11) is 3.10. The molecule has 1 aromatic carbocycles. The Morgan fingerprint density at radius 1 is 0.821 bits per heavy atom. The molecule has 0 amide bonds. The van der Waals surface area contributed by atoms with E-state index in [0.717, 1.165) is 0 Å². The molecule has 28 heavy (non-hydrogen) atoms. The van der Waals surface area contributed by atoms with Crippen molar-refractivity contribution in [3.63, 3.8) is 0 Å². The van der Waals surface area contributed by atoms with Gasteiger partial charge in [-0.3, -0.25) is 0 Å². The second-order valence-electron chi connectivity index (χ2n) is 9.28. The predicted octanol–water partition coefficient (Wildman–Crippen LogP) is 9.32. The molecule has 0 aliphatic heterocycles. The number of allylic oxidation sites excluding steroid dienone is 1. The second-order valence-corrected chi connectivity index (χ2v) is 10.8. The topological polar surface area (TPSA) is 0 Å². The van der Waals surface area contributed by atoms with Crippen LogP contribution in [-0.4, -0.2) is 5.16 Å². The van der Waals surface area contributed by atoms with Crippen molar-refractivity contribution in [3.8, 4) is 0 Å². The molecule has 3 unspecified atom stereocenters. The number of hydrogen-bond donors (Lipinski definition) is 0. The Morgan fingerprint density at radius 2 is 1.29 bits per heavy atom. The summed E-state index contributed by atoms with van der Waals surface area (Å²) in [5.41, 5.74) is 1.41. The Labute approximate surface area is 179 Å². The number of benzene rings is 1. The minimum atomic E-state index is 0.229. The smallest absolute Gasteiger partial charge is 0.00518 e. The molecule has 0 N–H and O–H groups in total. The summed E-state index contributed by atoms with van der Waals surface area (Å²) in [6.07, 6.45) is 20.5. The van der Waals surface area contributed by atoms with E-state index in [-0.39, 0.29) is 5.16 Å². The Kier molecular flexibility index (Phi) is 13.9. The van der Waals surface area contributed by atoms with E-state index in [1.165, 1.54) is 89.0 Å². The van der Waals surface area contributed by atoms with Crippen LogP contribution in [0.4, 0.5) is 0 Å². The lowest BCUT2D eigenvalue weighted by atomic mass is 9.76. The summed E-state index contributed by atoms with van der Waals surface area (Å²) in [4.78, 5) is 0. The fraction of sp³-hybridized carbons (Fsp3) is 0.704. The van der Waals surface area contributed by atoms with E-state index in [1.807, 2.05) is 0 Å². The number of rotatable bonds is 17. The van der Waals surface area contributed by atoms with Crippen LogP contribution < -0.4 is 0 Å². The minimum Gasteiger partial charge on any atom is -0.131 e. The minimum absolute atomic E-state index is 0.229. The van der Waals surface area contributed by atoms with Gasteiger partial charge in [0.25, 0.3) is 0 Å².